The lowest BCUT2D eigenvalue weighted by Crippen LogP contribution is -2.00. The number of hydrogen-bond donors (Lipinski definition) is 1. The summed E-state index contributed by atoms with van der Waals surface area (Å²) in [6.07, 6.45) is 0.946. The highest BCUT2D eigenvalue weighted by Crippen LogP contribution is 2.24. The third-order valence-corrected chi connectivity index (χ3v) is 2.58. The van der Waals surface area contributed by atoms with Gasteiger partial charge in [0.2, 0.25) is 0 Å². The molecule has 0 aliphatic rings. The van der Waals surface area contributed by atoms with Gasteiger partial charge in [0.25, 0.3) is 0 Å². The number of benzene rings is 1. The number of aryl methyl sites for hydroxylation is 1. The Labute approximate surface area is 79.0 Å². The van der Waals surface area contributed by atoms with Crippen molar-refractivity contribution in [1.29, 1.82) is 0 Å². The first-order chi connectivity index (χ1) is 6.11. The third kappa shape index (κ3) is 1.67. The standard InChI is InChI=1S/C11H16FN/c1-5-9-6-10(13-4)11(12)8(3)7(9)2/h6,13H,5H2,1-4H3. The summed E-state index contributed by atoms with van der Waals surface area (Å²) in [6, 6.07) is 1.89. The van der Waals surface area contributed by atoms with Gasteiger partial charge in [0.15, 0.2) is 0 Å². The first kappa shape index (κ1) is 10.0. The van der Waals surface area contributed by atoms with Crippen LogP contribution >= 0.6 is 0 Å². The van der Waals surface area contributed by atoms with Crippen molar-refractivity contribution in [2.45, 2.75) is 27.2 Å². The summed E-state index contributed by atoms with van der Waals surface area (Å²) in [5.41, 5.74) is 3.63. The van der Waals surface area contributed by atoms with Crippen molar-refractivity contribution in [1.82, 2.24) is 0 Å². The summed E-state index contributed by atoms with van der Waals surface area (Å²) in [7, 11) is 1.74. The van der Waals surface area contributed by atoms with E-state index in [1.54, 1.807) is 7.05 Å². The Morgan fingerprint density at radius 1 is 1.31 bits per heavy atom. The van der Waals surface area contributed by atoms with Crippen LogP contribution in [0.4, 0.5) is 10.1 Å². The van der Waals surface area contributed by atoms with Crippen LogP contribution in [0.25, 0.3) is 0 Å². The van der Waals surface area contributed by atoms with Gasteiger partial charge in [0.1, 0.15) is 5.82 Å². The van der Waals surface area contributed by atoms with Crippen LogP contribution in [0.3, 0.4) is 0 Å². The van der Waals surface area contributed by atoms with Gasteiger partial charge >= 0.3 is 0 Å². The fourth-order valence-electron chi connectivity index (χ4n) is 1.50. The molecule has 0 heterocycles. The molecule has 1 rings (SSSR count). The molecule has 1 N–H and O–H groups in total. The topological polar surface area (TPSA) is 12.0 Å². The second-order valence-corrected chi connectivity index (χ2v) is 3.25. The fourth-order valence-corrected chi connectivity index (χ4v) is 1.50. The highest BCUT2D eigenvalue weighted by Gasteiger charge is 2.09. The molecular weight excluding hydrogens is 165 g/mol. The van der Waals surface area contributed by atoms with Crippen LogP contribution in [0.5, 0.6) is 0 Å². The van der Waals surface area contributed by atoms with E-state index in [4.69, 9.17) is 0 Å². The van der Waals surface area contributed by atoms with E-state index in [2.05, 4.69) is 12.2 Å². The van der Waals surface area contributed by atoms with Crippen LogP contribution in [0.1, 0.15) is 23.6 Å². The molecule has 0 amide bonds. The predicted molar refractivity (Wildman–Crippen MR) is 54.8 cm³/mol. The SMILES string of the molecule is CCc1cc(NC)c(F)c(C)c1C. The Morgan fingerprint density at radius 2 is 1.92 bits per heavy atom. The summed E-state index contributed by atoms with van der Waals surface area (Å²) >= 11 is 0. The number of nitrogens with one attached hydrogen (secondary N) is 1. The molecule has 0 saturated carbocycles. The van der Waals surface area contributed by atoms with Crippen molar-refractivity contribution in [2.24, 2.45) is 0 Å². The molecule has 0 radical (unpaired) electrons. The Kier molecular flexibility index (Phi) is 2.91. The maximum absolute atomic E-state index is 13.5. The molecule has 0 aliphatic heterocycles. The van der Waals surface area contributed by atoms with Crippen LogP contribution in [0.2, 0.25) is 0 Å². The van der Waals surface area contributed by atoms with Crippen LogP contribution in [0.15, 0.2) is 6.07 Å². The number of hydrogen-bond acceptors (Lipinski definition) is 1. The number of rotatable bonds is 2. The summed E-state index contributed by atoms with van der Waals surface area (Å²) in [4.78, 5) is 0. The quantitative estimate of drug-likeness (QED) is 0.739. The molecule has 0 fully saturated rings. The molecular formula is C11H16FN. The van der Waals surface area contributed by atoms with Gasteiger partial charge in [0, 0.05) is 7.05 Å². The Morgan fingerprint density at radius 3 is 2.38 bits per heavy atom. The van der Waals surface area contributed by atoms with Gasteiger partial charge in [-0.05, 0) is 43.0 Å². The molecule has 0 aromatic heterocycles. The van der Waals surface area contributed by atoms with Gasteiger partial charge in [-0.1, -0.05) is 6.92 Å². The molecule has 2 heteroatoms. The Balaban J connectivity index is 3.36. The van der Waals surface area contributed by atoms with Gasteiger partial charge in [-0.15, -0.1) is 0 Å². The maximum Gasteiger partial charge on any atom is 0.149 e. The first-order valence-electron chi connectivity index (χ1n) is 4.58. The van der Waals surface area contributed by atoms with Crippen molar-refractivity contribution in [3.8, 4) is 0 Å². The van der Waals surface area contributed by atoms with Crippen molar-refractivity contribution >= 4 is 5.69 Å². The van der Waals surface area contributed by atoms with Gasteiger partial charge in [-0.2, -0.15) is 0 Å². The molecule has 0 spiro atoms. The van der Waals surface area contributed by atoms with Crippen LogP contribution < -0.4 is 5.32 Å². The minimum atomic E-state index is -0.128. The fraction of sp³-hybridized carbons (Fsp3) is 0.455. The highest BCUT2D eigenvalue weighted by atomic mass is 19.1. The number of anilines is 1. The predicted octanol–water partition coefficient (Wildman–Crippen LogP) is 3.05. The van der Waals surface area contributed by atoms with Crippen molar-refractivity contribution in [3.63, 3.8) is 0 Å². The monoisotopic (exact) mass is 181 g/mol. The first-order valence-corrected chi connectivity index (χ1v) is 4.58. The largest absolute Gasteiger partial charge is 0.386 e. The zero-order chi connectivity index (χ0) is 10.0. The van der Waals surface area contributed by atoms with Gasteiger partial charge < -0.3 is 5.32 Å². The zero-order valence-corrected chi connectivity index (χ0v) is 8.66. The molecule has 72 valence electrons. The Bertz CT molecular complexity index is 290. The van der Waals surface area contributed by atoms with Crippen LogP contribution in [0, 0.1) is 19.7 Å². The zero-order valence-electron chi connectivity index (χ0n) is 8.66. The number of halogens is 1. The van der Waals surface area contributed by atoms with E-state index in [1.165, 1.54) is 5.56 Å². The third-order valence-electron chi connectivity index (χ3n) is 2.58. The van der Waals surface area contributed by atoms with Crippen molar-refractivity contribution < 1.29 is 4.39 Å². The van der Waals surface area contributed by atoms with Gasteiger partial charge in [-0.3, -0.25) is 0 Å². The van der Waals surface area contributed by atoms with E-state index in [1.807, 2.05) is 19.9 Å². The molecule has 1 aromatic rings. The summed E-state index contributed by atoms with van der Waals surface area (Å²) in [5.74, 6) is -0.128. The maximum atomic E-state index is 13.5. The molecule has 0 bridgehead atoms. The highest BCUT2D eigenvalue weighted by molar-refractivity contribution is 5.53. The molecule has 1 nitrogen and oxygen atoms in total. The average molecular weight is 181 g/mol. The molecule has 0 unspecified atom stereocenters. The minimum Gasteiger partial charge on any atom is -0.386 e. The molecule has 0 atom stereocenters. The molecule has 0 aliphatic carbocycles. The molecule has 1 aromatic carbocycles. The summed E-state index contributed by atoms with van der Waals surface area (Å²) < 4.78 is 13.5. The minimum absolute atomic E-state index is 0.128. The summed E-state index contributed by atoms with van der Waals surface area (Å²) in [6.45, 7) is 5.88. The second kappa shape index (κ2) is 3.77. The van der Waals surface area contributed by atoms with E-state index in [9.17, 15) is 4.39 Å². The van der Waals surface area contributed by atoms with Crippen molar-refractivity contribution in [3.05, 3.63) is 28.6 Å². The average Bonchev–Trinajstić information content (AvgIpc) is 2.15. The second-order valence-electron chi connectivity index (χ2n) is 3.25. The van der Waals surface area contributed by atoms with Gasteiger partial charge in [-0.25, -0.2) is 4.39 Å². The summed E-state index contributed by atoms with van der Waals surface area (Å²) in [5, 5.41) is 2.86. The van der Waals surface area contributed by atoms with E-state index in [0.717, 1.165) is 17.5 Å². The normalized spacial score (nSPS) is 10.2. The molecule has 0 saturated heterocycles. The molecule has 13 heavy (non-hydrogen) atoms. The lowest BCUT2D eigenvalue weighted by Gasteiger charge is -2.12. The van der Waals surface area contributed by atoms with E-state index in [-0.39, 0.29) is 5.82 Å². The van der Waals surface area contributed by atoms with E-state index >= 15 is 0 Å². The van der Waals surface area contributed by atoms with E-state index in [0.29, 0.717) is 5.69 Å². The Hall–Kier alpha value is -1.05. The van der Waals surface area contributed by atoms with Gasteiger partial charge in [0.05, 0.1) is 5.69 Å². The van der Waals surface area contributed by atoms with Crippen molar-refractivity contribution in [2.75, 3.05) is 12.4 Å². The lowest BCUT2D eigenvalue weighted by atomic mass is 10.00. The lowest BCUT2D eigenvalue weighted by molar-refractivity contribution is 0.619. The smallest absolute Gasteiger partial charge is 0.149 e. The van der Waals surface area contributed by atoms with Crippen LogP contribution in [-0.2, 0) is 6.42 Å². The van der Waals surface area contributed by atoms with E-state index < -0.39 is 0 Å². The van der Waals surface area contributed by atoms with Crippen LogP contribution in [-0.4, -0.2) is 7.05 Å².